The lowest BCUT2D eigenvalue weighted by molar-refractivity contribution is -0.142. The number of halogens is 3. The van der Waals surface area contributed by atoms with Crippen LogP contribution in [0.15, 0.2) is 54.6 Å². The lowest BCUT2D eigenvalue weighted by Gasteiger charge is -2.07. The standard InChI is InChI=1S/C20H16F3NO5/c1-28-19(27)14-6-8-16(9-7-14)24-17(25)12-29-18(26)10-5-13-3-2-4-15(11-13)20(21,22)23/h2-11H,12H2,1H3,(H,24,25). The van der Waals surface area contributed by atoms with Gasteiger partial charge < -0.3 is 14.8 Å². The lowest BCUT2D eigenvalue weighted by Crippen LogP contribution is -2.20. The van der Waals surface area contributed by atoms with E-state index in [1.54, 1.807) is 0 Å². The van der Waals surface area contributed by atoms with Gasteiger partial charge in [-0.3, -0.25) is 4.79 Å². The van der Waals surface area contributed by atoms with Crippen molar-refractivity contribution in [3.8, 4) is 0 Å². The van der Waals surface area contributed by atoms with Crippen LogP contribution in [0, 0.1) is 0 Å². The van der Waals surface area contributed by atoms with E-state index >= 15 is 0 Å². The van der Waals surface area contributed by atoms with Gasteiger partial charge in [0, 0.05) is 11.8 Å². The van der Waals surface area contributed by atoms with Gasteiger partial charge in [-0.1, -0.05) is 12.1 Å². The van der Waals surface area contributed by atoms with Gasteiger partial charge in [0.15, 0.2) is 6.61 Å². The molecular weight excluding hydrogens is 391 g/mol. The van der Waals surface area contributed by atoms with Crippen molar-refractivity contribution < 1.29 is 37.0 Å². The number of hydrogen-bond acceptors (Lipinski definition) is 5. The van der Waals surface area contributed by atoms with E-state index in [4.69, 9.17) is 4.74 Å². The molecule has 9 heteroatoms. The summed E-state index contributed by atoms with van der Waals surface area (Å²) in [6.07, 6.45) is -2.41. The van der Waals surface area contributed by atoms with Gasteiger partial charge in [0.05, 0.1) is 18.2 Å². The first-order chi connectivity index (χ1) is 13.7. The number of ether oxygens (including phenoxy) is 2. The third kappa shape index (κ3) is 6.80. The molecule has 2 aromatic rings. The van der Waals surface area contributed by atoms with Crippen LogP contribution in [0.3, 0.4) is 0 Å². The van der Waals surface area contributed by atoms with E-state index in [1.165, 1.54) is 43.5 Å². The molecule has 1 amide bonds. The van der Waals surface area contributed by atoms with Crippen molar-refractivity contribution in [3.63, 3.8) is 0 Å². The van der Waals surface area contributed by atoms with Crippen LogP contribution in [0.4, 0.5) is 18.9 Å². The van der Waals surface area contributed by atoms with Gasteiger partial charge in [-0.25, -0.2) is 9.59 Å². The maximum atomic E-state index is 12.7. The zero-order valence-electron chi connectivity index (χ0n) is 15.2. The third-order valence-corrected chi connectivity index (χ3v) is 3.56. The highest BCUT2D eigenvalue weighted by Gasteiger charge is 2.30. The fourth-order valence-corrected chi connectivity index (χ4v) is 2.17. The smallest absolute Gasteiger partial charge is 0.416 e. The molecule has 0 aliphatic heterocycles. The molecule has 0 aliphatic carbocycles. The van der Waals surface area contributed by atoms with Crippen LogP contribution in [-0.4, -0.2) is 31.6 Å². The van der Waals surface area contributed by atoms with Gasteiger partial charge in [-0.15, -0.1) is 0 Å². The summed E-state index contributed by atoms with van der Waals surface area (Å²) >= 11 is 0. The van der Waals surface area contributed by atoms with Crippen LogP contribution in [0.1, 0.15) is 21.5 Å². The number of esters is 2. The molecule has 0 saturated heterocycles. The topological polar surface area (TPSA) is 81.7 Å². The van der Waals surface area contributed by atoms with Crippen molar-refractivity contribution in [1.29, 1.82) is 0 Å². The molecule has 0 unspecified atom stereocenters. The summed E-state index contributed by atoms with van der Waals surface area (Å²) in [6, 6.07) is 10.2. The molecular formula is C20H16F3NO5. The number of anilines is 1. The molecule has 2 rings (SSSR count). The predicted molar refractivity (Wildman–Crippen MR) is 97.8 cm³/mol. The molecule has 29 heavy (non-hydrogen) atoms. The number of carbonyl (C=O) groups excluding carboxylic acids is 3. The molecule has 0 saturated carbocycles. The second-order valence-corrected chi connectivity index (χ2v) is 5.68. The number of rotatable bonds is 6. The number of hydrogen-bond donors (Lipinski definition) is 1. The number of benzene rings is 2. The van der Waals surface area contributed by atoms with Gasteiger partial charge in [0.1, 0.15) is 0 Å². The summed E-state index contributed by atoms with van der Waals surface area (Å²) in [5, 5.41) is 2.46. The Morgan fingerprint density at radius 3 is 2.38 bits per heavy atom. The summed E-state index contributed by atoms with van der Waals surface area (Å²) in [4.78, 5) is 34.8. The first-order valence-electron chi connectivity index (χ1n) is 8.19. The number of methoxy groups -OCH3 is 1. The monoisotopic (exact) mass is 407 g/mol. The van der Waals surface area contributed by atoms with E-state index in [1.807, 2.05) is 0 Å². The Morgan fingerprint density at radius 2 is 1.76 bits per heavy atom. The minimum atomic E-state index is -4.49. The molecule has 0 fully saturated rings. The Labute approximate surface area is 163 Å². The molecule has 0 radical (unpaired) electrons. The Kier molecular flexibility index (Phi) is 7.13. The number of carbonyl (C=O) groups is 3. The molecule has 2 aromatic carbocycles. The van der Waals surface area contributed by atoms with Crippen molar-refractivity contribution in [3.05, 3.63) is 71.3 Å². The predicted octanol–water partition coefficient (Wildman–Crippen LogP) is 3.69. The minimum absolute atomic E-state index is 0.159. The summed E-state index contributed by atoms with van der Waals surface area (Å²) in [7, 11) is 1.24. The normalized spacial score (nSPS) is 11.2. The molecule has 152 valence electrons. The Hall–Kier alpha value is -3.62. The maximum absolute atomic E-state index is 12.7. The average Bonchev–Trinajstić information content (AvgIpc) is 2.70. The first-order valence-corrected chi connectivity index (χ1v) is 8.19. The molecule has 0 heterocycles. The minimum Gasteiger partial charge on any atom is -0.465 e. The molecule has 0 atom stereocenters. The molecule has 6 nitrogen and oxygen atoms in total. The highest BCUT2D eigenvalue weighted by atomic mass is 19.4. The van der Waals surface area contributed by atoms with E-state index in [2.05, 4.69) is 10.1 Å². The summed E-state index contributed by atoms with van der Waals surface area (Å²) < 4.78 is 47.3. The van der Waals surface area contributed by atoms with Crippen LogP contribution in [-0.2, 0) is 25.2 Å². The molecule has 0 bridgehead atoms. The Morgan fingerprint density at radius 1 is 1.07 bits per heavy atom. The summed E-state index contributed by atoms with van der Waals surface area (Å²) in [5.41, 5.74) is -0.00704. The fourth-order valence-electron chi connectivity index (χ4n) is 2.17. The molecule has 0 spiro atoms. The van der Waals surface area contributed by atoms with E-state index < -0.39 is 36.2 Å². The van der Waals surface area contributed by atoms with E-state index in [-0.39, 0.29) is 5.56 Å². The lowest BCUT2D eigenvalue weighted by atomic mass is 10.1. The van der Waals surface area contributed by atoms with Gasteiger partial charge in [-0.05, 0) is 48.0 Å². The van der Waals surface area contributed by atoms with E-state index in [0.717, 1.165) is 24.3 Å². The number of alkyl halides is 3. The largest absolute Gasteiger partial charge is 0.465 e. The SMILES string of the molecule is COC(=O)c1ccc(NC(=O)COC(=O)C=Cc2cccc(C(F)(F)F)c2)cc1. The molecule has 1 N–H and O–H groups in total. The molecule has 0 aromatic heterocycles. The number of amides is 1. The van der Waals surface area contributed by atoms with Crippen molar-refractivity contribution in [2.24, 2.45) is 0 Å². The second-order valence-electron chi connectivity index (χ2n) is 5.68. The third-order valence-electron chi connectivity index (χ3n) is 3.56. The first kappa shape index (κ1) is 21.7. The summed E-state index contributed by atoms with van der Waals surface area (Å²) in [5.74, 6) is -2.04. The van der Waals surface area contributed by atoms with Gasteiger partial charge >= 0.3 is 18.1 Å². The quantitative estimate of drug-likeness (QED) is 0.584. The van der Waals surface area contributed by atoms with Crippen LogP contribution in [0.5, 0.6) is 0 Å². The highest BCUT2D eigenvalue weighted by Crippen LogP contribution is 2.29. The van der Waals surface area contributed by atoms with E-state index in [0.29, 0.717) is 11.3 Å². The van der Waals surface area contributed by atoms with Crippen LogP contribution in [0.25, 0.3) is 6.08 Å². The fraction of sp³-hybridized carbons (Fsp3) is 0.150. The van der Waals surface area contributed by atoms with Gasteiger partial charge in [-0.2, -0.15) is 13.2 Å². The average molecular weight is 407 g/mol. The summed E-state index contributed by atoms with van der Waals surface area (Å²) in [6.45, 7) is -0.593. The Balaban J connectivity index is 1.85. The Bertz CT molecular complexity index is 920. The van der Waals surface area contributed by atoms with Crippen LogP contribution < -0.4 is 5.32 Å². The van der Waals surface area contributed by atoms with Crippen molar-refractivity contribution in [2.45, 2.75) is 6.18 Å². The van der Waals surface area contributed by atoms with Gasteiger partial charge in [0.2, 0.25) is 0 Å². The molecule has 0 aliphatic rings. The zero-order chi connectivity index (χ0) is 21.4. The van der Waals surface area contributed by atoms with Crippen molar-refractivity contribution in [2.75, 3.05) is 19.0 Å². The van der Waals surface area contributed by atoms with Crippen LogP contribution in [0.2, 0.25) is 0 Å². The number of nitrogens with one attached hydrogen (secondary N) is 1. The second kappa shape index (κ2) is 9.54. The zero-order valence-corrected chi connectivity index (χ0v) is 15.2. The van der Waals surface area contributed by atoms with Crippen molar-refractivity contribution in [1.82, 2.24) is 0 Å². The highest BCUT2D eigenvalue weighted by molar-refractivity contribution is 5.95. The van der Waals surface area contributed by atoms with E-state index in [9.17, 15) is 27.6 Å². The van der Waals surface area contributed by atoms with Crippen LogP contribution >= 0.6 is 0 Å². The van der Waals surface area contributed by atoms with Gasteiger partial charge in [0.25, 0.3) is 5.91 Å². The van der Waals surface area contributed by atoms with Crippen molar-refractivity contribution >= 4 is 29.6 Å². The maximum Gasteiger partial charge on any atom is 0.416 e.